The zero-order valence-corrected chi connectivity index (χ0v) is 8.76. The van der Waals surface area contributed by atoms with E-state index in [-0.39, 0.29) is 16.4 Å². The van der Waals surface area contributed by atoms with Crippen molar-refractivity contribution in [3.05, 3.63) is 0 Å². The Bertz CT molecular complexity index is 157. The van der Waals surface area contributed by atoms with E-state index >= 15 is 0 Å². The fraction of sp³-hybridized carbons (Fsp3) is 0.857. The minimum Gasteiger partial charge on any atom is -0.383 e. The van der Waals surface area contributed by atoms with Gasteiger partial charge in [-0.1, -0.05) is 6.92 Å². The van der Waals surface area contributed by atoms with Gasteiger partial charge >= 0.3 is 0 Å². The number of thioether (sulfide) groups is 1. The molecule has 6 heteroatoms. The van der Waals surface area contributed by atoms with Crippen molar-refractivity contribution in [2.24, 2.45) is 11.6 Å². The molecule has 0 radical (unpaired) electrons. The summed E-state index contributed by atoms with van der Waals surface area (Å²) in [7, 11) is 1.55. The fourth-order valence-corrected chi connectivity index (χ4v) is 1.84. The number of nitrogens with one attached hydrogen (secondary N) is 1. The van der Waals surface area contributed by atoms with Gasteiger partial charge in [-0.15, -0.1) is 11.8 Å². The third-order valence-corrected chi connectivity index (χ3v) is 2.82. The van der Waals surface area contributed by atoms with Gasteiger partial charge in [-0.2, -0.15) is 0 Å². The number of rotatable bonds is 6. The van der Waals surface area contributed by atoms with Crippen LogP contribution in [-0.2, 0) is 9.53 Å². The molecule has 0 saturated heterocycles. The summed E-state index contributed by atoms with van der Waals surface area (Å²) in [6, 6.07) is 0. The molecule has 5 N–H and O–H groups in total. The highest BCUT2D eigenvalue weighted by molar-refractivity contribution is 8.01. The van der Waals surface area contributed by atoms with Crippen molar-refractivity contribution in [2.75, 3.05) is 20.3 Å². The summed E-state index contributed by atoms with van der Waals surface area (Å²) in [6.45, 7) is 2.83. The Morgan fingerprint density at radius 3 is 2.69 bits per heavy atom. The van der Waals surface area contributed by atoms with E-state index < -0.39 is 0 Å². The van der Waals surface area contributed by atoms with Gasteiger partial charge in [0.2, 0.25) is 5.91 Å². The van der Waals surface area contributed by atoms with Crippen LogP contribution in [0.2, 0.25) is 0 Å². The van der Waals surface area contributed by atoms with Crippen LogP contribution in [0.25, 0.3) is 0 Å². The molecule has 5 nitrogen and oxygen atoms in total. The second-order valence-corrected chi connectivity index (χ2v) is 4.28. The molecule has 0 aromatic carbocycles. The molecule has 2 unspecified atom stereocenters. The van der Waals surface area contributed by atoms with Gasteiger partial charge in [0.05, 0.1) is 6.61 Å². The molecule has 2 atom stereocenters. The predicted molar refractivity (Wildman–Crippen MR) is 54.1 cm³/mol. The standard InChI is InChI=1S/C7H17N3O2S/c1-5(3-8)13-6(4-12-2)7(11)10-9/h5-6H,3-4,8-9H2,1-2H3,(H,10,11). The lowest BCUT2D eigenvalue weighted by Gasteiger charge is -2.17. The maximum atomic E-state index is 11.2. The van der Waals surface area contributed by atoms with Crippen molar-refractivity contribution >= 4 is 17.7 Å². The first kappa shape index (κ1) is 12.7. The van der Waals surface area contributed by atoms with Gasteiger partial charge in [0.25, 0.3) is 0 Å². The lowest BCUT2D eigenvalue weighted by atomic mass is 10.4. The largest absolute Gasteiger partial charge is 0.383 e. The summed E-state index contributed by atoms with van der Waals surface area (Å²) in [5.41, 5.74) is 7.53. The fourth-order valence-electron chi connectivity index (χ4n) is 0.757. The van der Waals surface area contributed by atoms with Crippen molar-refractivity contribution < 1.29 is 9.53 Å². The molecular formula is C7H17N3O2S. The third kappa shape index (κ3) is 5.09. The number of amides is 1. The zero-order chi connectivity index (χ0) is 10.3. The molecule has 0 bridgehead atoms. The van der Waals surface area contributed by atoms with Gasteiger partial charge in [-0.25, -0.2) is 5.84 Å². The average Bonchev–Trinajstić information content (AvgIpc) is 2.15. The Balaban J connectivity index is 4.00. The Kier molecular flexibility index (Phi) is 6.97. The van der Waals surface area contributed by atoms with Crippen LogP contribution in [0.1, 0.15) is 6.92 Å². The first-order chi connectivity index (χ1) is 6.15. The first-order valence-corrected chi connectivity index (χ1v) is 4.94. The highest BCUT2D eigenvalue weighted by Crippen LogP contribution is 2.17. The van der Waals surface area contributed by atoms with E-state index in [0.717, 1.165) is 0 Å². The second-order valence-electron chi connectivity index (χ2n) is 2.63. The molecule has 0 aliphatic carbocycles. The van der Waals surface area contributed by atoms with Crippen LogP contribution in [0.3, 0.4) is 0 Å². The topological polar surface area (TPSA) is 90.4 Å². The summed E-state index contributed by atoms with van der Waals surface area (Å²) in [5.74, 6) is 4.79. The number of carbonyl (C=O) groups is 1. The number of hydrogen-bond donors (Lipinski definition) is 3. The lowest BCUT2D eigenvalue weighted by molar-refractivity contribution is -0.121. The summed E-state index contributed by atoms with van der Waals surface area (Å²) < 4.78 is 4.89. The van der Waals surface area contributed by atoms with E-state index in [9.17, 15) is 4.79 Å². The summed E-state index contributed by atoms with van der Waals surface area (Å²) in [4.78, 5) is 11.2. The Morgan fingerprint density at radius 1 is 1.69 bits per heavy atom. The molecule has 0 aliphatic heterocycles. The van der Waals surface area contributed by atoms with Crippen LogP contribution < -0.4 is 17.0 Å². The van der Waals surface area contributed by atoms with Crippen LogP contribution in [0, 0.1) is 0 Å². The molecule has 78 valence electrons. The molecule has 1 amide bonds. The van der Waals surface area contributed by atoms with E-state index in [0.29, 0.717) is 13.2 Å². The number of ether oxygens (including phenoxy) is 1. The molecule has 0 aromatic heterocycles. The molecule has 0 fully saturated rings. The number of hydrazine groups is 1. The van der Waals surface area contributed by atoms with E-state index in [1.165, 1.54) is 11.8 Å². The number of nitrogens with two attached hydrogens (primary N) is 2. The smallest absolute Gasteiger partial charge is 0.249 e. The highest BCUT2D eigenvalue weighted by atomic mass is 32.2. The maximum Gasteiger partial charge on any atom is 0.249 e. The van der Waals surface area contributed by atoms with Gasteiger partial charge in [0.15, 0.2) is 0 Å². The summed E-state index contributed by atoms with van der Waals surface area (Å²) >= 11 is 1.46. The predicted octanol–water partition coefficient (Wildman–Crippen LogP) is -0.928. The molecule has 0 rings (SSSR count). The van der Waals surface area contributed by atoms with Gasteiger partial charge < -0.3 is 10.5 Å². The Labute approximate surface area is 82.5 Å². The number of carbonyl (C=O) groups excluding carboxylic acids is 1. The third-order valence-electron chi connectivity index (χ3n) is 1.48. The average molecular weight is 207 g/mol. The van der Waals surface area contributed by atoms with Gasteiger partial charge in [0.1, 0.15) is 5.25 Å². The number of hydrogen-bond acceptors (Lipinski definition) is 5. The van der Waals surface area contributed by atoms with E-state index in [1.54, 1.807) is 7.11 Å². The van der Waals surface area contributed by atoms with Crippen molar-refractivity contribution in [3.63, 3.8) is 0 Å². The first-order valence-electron chi connectivity index (χ1n) is 4.00. The number of methoxy groups -OCH3 is 1. The lowest BCUT2D eigenvalue weighted by Crippen LogP contribution is -2.40. The second kappa shape index (κ2) is 7.14. The summed E-state index contributed by atoms with van der Waals surface area (Å²) in [6.07, 6.45) is 0. The molecule has 0 spiro atoms. The minimum atomic E-state index is -0.284. The van der Waals surface area contributed by atoms with Gasteiger partial charge in [-0.3, -0.25) is 10.2 Å². The van der Waals surface area contributed by atoms with Crippen LogP contribution in [0.4, 0.5) is 0 Å². The molecule has 0 aromatic rings. The van der Waals surface area contributed by atoms with Crippen molar-refractivity contribution in [1.82, 2.24) is 5.43 Å². The monoisotopic (exact) mass is 207 g/mol. The van der Waals surface area contributed by atoms with E-state index in [1.807, 2.05) is 6.92 Å². The van der Waals surface area contributed by atoms with Crippen LogP contribution in [0.15, 0.2) is 0 Å². The minimum absolute atomic E-state index is 0.220. The maximum absolute atomic E-state index is 11.2. The van der Waals surface area contributed by atoms with Crippen LogP contribution in [-0.4, -0.2) is 36.7 Å². The molecule has 13 heavy (non-hydrogen) atoms. The van der Waals surface area contributed by atoms with Crippen molar-refractivity contribution in [2.45, 2.75) is 17.4 Å². The van der Waals surface area contributed by atoms with Crippen molar-refractivity contribution in [3.8, 4) is 0 Å². The molecular weight excluding hydrogens is 190 g/mol. The molecule has 0 aliphatic rings. The van der Waals surface area contributed by atoms with Crippen molar-refractivity contribution in [1.29, 1.82) is 0 Å². The SMILES string of the molecule is COCC(SC(C)CN)C(=O)NN. The summed E-state index contributed by atoms with van der Waals surface area (Å²) in [5, 5.41) is -0.0639. The quantitative estimate of drug-likeness (QED) is 0.297. The van der Waals surface area contributed by atoms with E-state index in [2.05, 4.69) is 5.43 Å². The van der Waals surface area contributed by atoms with Gasteiger partial charge in [-0.05, 0) is 0 Å². The van der Waals surface area contributed by atoms with Crippen LogP contribution >= 0.6 is 11.8 Å². The Hall–Kier alpha value is -0.300. The highest BCUT2D eigenvalue weighted by Gasteiger charge is 2.20. The normalized spacial score (nSPS) is 15.1. The van der Waals surface area contributed by atoms with Crippen LogP contribution in [0.5, 0.6) is 0 Å². The zero-order valence-electron chi connectivity index (χ0n) is 7.95. The van der Waals surface area contributed by atoms with E-state index in [4.69, 9.17) is 16.3 Å². The molecule has 0 heterocycles. The Morgan fingerprint density at radius 2 is 2.31 bits per heavy atom. The molecule has 0 saturated carbocycles. The van der Waals surface area contributed by atoms with Gasteiger partial charge in [0, 0.05) is 18.9 Å².